The first-order chi connectivity index (χ1) is 9.76. The van der Waals surface area contributed by atoms with Crippen LogP contribution in [0.15, 0.2) is 30.3 Å². The molecule has 1 saturated heterocycles. The van der Waals surface area contributed by atoms with E-state index < -0.39 is 0 Å². The van der Waals surface area contributed by atoms with Crippen LogP contribution in [0, 0.1) is 0 Å². The molecule has 5 nitrogen and oxygen atoms in total. The molecule has 2 unspecified atom stereocenters. The fourth-order valence-corrected chi connectivity index (χ4v) is 2.71. The molecule has 0 radical (unpaired) electrons. The van der Waals surface area contributed by atoms with Gasteiger partial charge in [0.1, 0.15) is 6.04 Å². The molecule has 0 bridgehead atoms. The molecule has 1 heterocycles. The van der Waals surface area contributed by atoms with Gasteiger partial charge >= 0.3 is 0 Å². The molecule has 1 fully saturated rings. The van der Waals surface area contributed by atoms with Crippen molar-refractivity contribution in [1.82, 2.24) is 10.3 Å². The monoisotopic (exact) mass is 277 g/mol. The van der Waals surface area contributed by atoms with Crippen molar-refractivity contribution in [3.8, 4) is 0 Å². The van der Waals surface area contributed by atoms with Crippen LogP contribution in [0.2, 0.25) is 0 Å². The standard InChI is InChI=1S/C15H23N3O2/c1-2-18(11-13-9-6-10-20-13)14(15(19)17-16)12-7-4-3-5-8-12/h3-5,7-8,13-14H,2,6,9-11,16H2,1H3,(H,17,19). The molecule has 1 amide bonds. The Morgan fingerprint density at radius 1 is 1.50 bits per heavy atom. The zero-order valence-electron chi connectivity index (χ0n) is 11.9. The third-order valence-corrected chi connectivity index (χ3v) is 3.74. The number of amides is 1. The van der Waals surface area contributed by atoms with Crippen molar-refractivity contribution in [3.05, 3.63) is 35.9 Å². The van der Waals surface area contributed by atoms with E-state index in [1.165, 1.54) is 0 Å². The minimum Gasteiger partial charge on any atom is -0.377 e. The zero-order valence-corrected chi connectivity index (χ0v) is 11.9. The van der Waals surface area contributed by atoms with Gasteiger partial charge in [0.25, 0.3) is 5.91 Å². The number of hydrogen-bond acceptors (Lipinski definition) is 4. The second-order valence-corrected chi connectivity index (χ2v) is 5.04. The summed E-state index contributed by atoms with van der Waals surface area (Å²) in [6.45, 7) is 4.40. The van der Waals surface area contributed by atoms with Crippen LogP contribution >= 0.6 is 0 Å². The Labute approximate surface area is 120 Å². The van der Waals surface area contributed by atoms with Gasteiger partial charge < -0.3 is 4.74 Å². The summed E-state index contributed by atoms with van der Waals surface area (Å²) in [5, 5.41) is 0. The molecule has 110 valence electrons. The van der Waals surface area contributed by atoms with Crippen molar-refractivity contribution in [1.29, 1.82) is 0 Å². The van der Waals surface area contributed by atoms with Gasteiger partial charge in [0.05, 0.1) is 6.10 Å². The van der Waals surface area contributed by atoms with Gasteiger partial charge in [-0.2, -0.15) is 0 Å². The van der Waals surface area contributed by atoms with Crippen LogP contribution in [0.3, 0.4) is 0 Å². The Bertz CT molecular complexity index is 418. The van der Waals surface area contributed by atoms with Gasteiger partial charge in [0, 0.05) is 13.2 Å². The van der Waals surface area contributed by atoms with Gasteiger partial charge in [0.2, 0.25) is 0 Å². The van der Waals surface area contributed by atoms with Crippen LogP contribution in [-0.4, -0.2) is 36.6 Å². The molecule has 0 aromatic heterocycles. The number of ether oxygens (including phenoxy) is 1. The number of nitrogens with zero attached hydrogens (tertiary/aromatic N) is 1. The van der Waals surface area contributed by atoms with Crippen LogP contribution in [0.5, 0.6) is 0 Å². The molecule has 1 aliphatic heterocycles. The Hall–Kier alpha value is -1.43. The molecular formula is C15H23N3O2. The number of hydrogen-bond donors (Lipinski definition) is 2. The summed E-state index contributed by atoms with van der Waals surface area (Å²) in [4.78, 5) is 14.3. The highest BCUT2D eigenvalue weighted by Gasteiger charge is 2.29. The number of carbonyl (C=O) groups is 1. The highest BCUT2D eigenvalue weighted by atomic mass is 16.5. The van der Waals surface area contributed by atoms with E-state index in [4.69, 9.17) is 10.6 Å². The summed E-state index contributed by atoms with van der Waals surface area (Å²) in [6, 6.07) is 9.36. The van der Waals surface area contributed by atoms with Crippen molar-refractivity contribution >= 4 is 5.91 Å². The van der Waals surface area contributed by atoms with Crippen LogP contribution in [-0.2, 0) is 9.53 Å². The average Bonchev–Trinajstić information content (AvgIpc) is 3.00. The third kappa shape index (κ3) is 3.56. The van der Waals surface area contributed by atoms with Crippen LogP contribution < -0.4 is 11.3 Å². The van der Waals surface area contributed by atoms with E-state index in [1.54, 1.807) is 0 Å². The minimum absolute atomic E-state index is 0.184. The molecule has 2 rings (SSSR count). The Kier molecular flexibility index (Phi) is 5.52. The molecule has 1 aromatic carbocycles. The van der Waals surface area contributed by atoms with Crippen molar-refractivity contribution in [2.24, 2.45) is 5.84 Å². The number of likely N-dealkylation sites (N-methyl/N-ethyl adjacent to an activating group) is 1. The summed E-state index contributed by atoms with van der Waals surface area (Å²) in [5.41, 5.74) is 3.24. The normalized spacial score (nSPS) is 20.1. The van der Waals surface area contributed by atoms with Gasteiger partial charge in [0.15, 0.2) is 0 Å². The van der Waals surface area contributed by atoms with Crippen molar-refractivity contribution < 1.29 is 9.53 Å². The lowest BCUT2D eigenvalue weighted by Gasteiger charge is -2.31. The van der Waals surface area contributed by atoms with Gasteiger partial charge in [-0.1, -0.05) is 37.3 Å². The van der Waals surface area contributed by atoms with E-state index in [0.717, 1.165) is 38.1 Å². The number of hydrazine groups is 1. The molecule has 0 aliphatic carbocycles. The lowest BCUT2D eigenvalue weighted by atomic mass is 10.0. The summed E-state index contributed by atoms with van der Waals surface area (Å²) < 4.78 is 5.68. The van der Waals surface area contributed by atoms with Crippen LogP contribution in [0.1, 0.15) is 31.4 Å². The Balaban J connectivity index is 2.17. The molecule has 20 heavy (non-hydrogen) atoms. The average molecular weight is 277 g/mol. The minimum atomic E-state index is -0.365. The summed E-state index contributed by atoms with van der Waals surface area (Å²) in [7, 11) is 0. The summed E-state index contributed by atoms with van der Waals surface area (Å²) in [5.74, 6) is 5.17. The van der Waals surface area contributed by atoms with E-state index in [0.29, 0.717) is 0 Å². The molecule has 0 saturated carbocycles. The zero-order chi connectivity index (χ0) is 14.4. The SMILES string of the molecule is CCN(CC1CCCO1)C(C(=O)NN)c1ccccc1. The highest BCUT2D eigenvalue weighted by molar-refractivity contribution is 5.82. The van der Waals surface area contributed by atoms with Crippen molar-refractivity contribution in [2.75, 3.05) is 19.7 Å². The molecule has 0 spiro atoms. The van der Waals surface area contributed by atoms with Gasteiger partial charge in [-0.3, -0.25) is 15.1 Å². The van der Waals surface area contributed by atoms with Crippen molar-refractivity contribution in [3.63, 3.8) is 0 Å². The Morgan fingerprint density at radius 2 is 2.25 bits per heavy atom. The predicted octanol–water partition coefficient (Wildman–Crippen LogP) is 1.22. The second-order valence-electron chi connectivity index (χ2n) is 5.04. The Morgan fingerprint density at radius 3 is 2.80 bits per heavy atom. The quantitative estimate of drug-likeness (QED) is 0.466. The maximum Gasteiger partial charge on any atom is 0.255 e. The maximum absolute atomic E-state index is 12.2. The lowest BCUT2D eigenvalue weighted by Crippen LogP contribution is -2.45. The summed E-state index contributed by atoms with van der Waals surface area (Å²) >= 11 is 0. The fraction of sp³-hybridized carbons (Fsp3) is 0.533. The molecule has 5 heteroatoms. The van der Waals surface area contributed by atoms with Crippen molar-refractivity contribution in [2.45, 2.75) is 31.9 Å². The number of rotatable bonds is 6. The molecule has 1 aliphatic rings. The van der Waals surface area contributed by atoms with Gasteiger partial charge in [-0.15, -0.1) is 0 Å². The number of benzene rings is 1. The van der Waals surface area contributed by atoms with E-state index in [9.17, 15) is 4.79 Å². The maximum atomic E-state index is 12.2. The number of nitrogens with two attached hydrogens (primary N) is 1. The first-order valence-corrected chi connectivity index (χ1v) is 7.17. The number of nitrogens with one attached hydrogen (secondary N) is 1. The lowest BCUT2D eigenvalue weighted by molar-refractivity contribution is -0.127. The fourth-order valence-electron chi connectivity index (χ4n) is 2.71. The predicted molar refractivity (Wildman–Crippen MR) is 77.7 cm³/mol. The molecule has 2 atom stereocenters. The molecular weight excluding hydrogens is 254 g/mol. The highest BCUT2D eigenvalue weighted by Crippen LogP contribution is 2.23. The first kappa shape index (κ1) is 15.0. The smallest absolute Gasteiger partial charge is 0.255 e. The topological polar surface area (TPSA) is 67.6 Å². The second kappa shape index (κ2) is 7.38. The number of carbonyl (C=O) groups excluding carboxylic acids is 1. The van der Waals surface area contributed by atoms with Gasteiger partial charge in [-0.25, -0.2) is 5.84 Å². The van der Waals surface area contributed by atoms with E-state index in [-0.39, 0.29) is 18.1 Å². The van der Waals surface area contributed by atoms with Gasteiger partial charge in [-0.05, 0) is 24.9 Å². The first-order valence-electron chi connectivity index (χ1n) is 7.17. The van der Waals surface area contributed by atoms with E-state index in [2.05, 4.69) is 17.2 Å². The van der Waals surface area contributed by atoms with Crippen LogP contribution in [0.4, 0.5) is 0 Å². The largest absolute Gasteiger partial charge is 0.377 e. The molecule has 3 N–H and O–H groups in total. The molecule has 1 aromatic rings. The summed E-state index contributed by atoms with van der Waals surface area (Å²) in [6.07, 6.45) is 2.37. The van der Waals surface area contributed by atoms with E-state index >= 15 is 0 Å². The third-order valence-electron chi connectivity index (χ3n) is 3.74. The van der Waals surface area contributed by atoms with E-state index in [1.807, 2.05) is 30.3 Å². The van der Waals surface area contributed by atoms with Crippen LogP contribution in [0.25, 0.3) is 0 Å².